The Morgan fingerprint density at radius 3 is 2.71 bits per heavy atom. The Morgan fingerprint density at radius 2 is 2.04 bits per heavy atom. The molecule has 2 aliphatic heterocycles. The number of ether oxygens (including phenoxy) is 1. The van der Waals surface area contributed by atoms with E-state index in [9.17, 15) is 14.4 Å². The molecule has 4 amide bonds. The normalized spacial score (nSPS) is 25.1. The number of carbonyl (C=O) groups is 3. The largest absolute Gasteiger partial charge is 0.378 e. The van der Waals surface area contributed by atoms with Gasteiger partial charge >= 0.3 is 6.03 Å². The van der Waals surface area contributed by atoms with Gasteiger partial charge in [0.25, 0.3) is 5.91 Å². The van der Waals surface area contributed by atoms with Crippen LogP contribution in [0.1, 0.15) is 19.8 Å². The number of amides is 4. The van der Waals surface area contributed by atoms with Gasteiger partial charge in [0.15, 0.2) is 0 Å². The van der Waals surface area contributed by atoms with Crippen LogP contribution in [-0.4, -0.2) is 61.1 Å². The fourth-order valence-corrected chi connectivity index (χ4v) is 3.99. The van der Waals surface area contributed by atoms with Crippen LogP contribution in [-0.2, 0) is 14.3 Å². The molecule has 1 unspecified atom stereocenters. The SMILES string of the molecule is CC1(C2CC2)NC(=O)N(CC(=O)Nc2cc(Cl)ccc2N2CCOCC2)C1=O. The Bertz CT molecular complexity index is 822. The molecule has 0 spiro atoms. The van der Waals surface area contributed by atoms with E-state index < -0.39 is 17.5 Å². The zero-order valence-corrected chi connectivity index (χ0v) is 16.4. The van der Waals surface area contributed by atoms with E-state index in [0.29, 0.717) is 37.0 Å². The molecule has 3 fully saturated rings. The number of morpholine rings is 1. The van der Waals surface area contributed by atoms with E-state index in [1.54, 1.807) is 19.1 Å². The fourth-order valence-electron chi connectivity index (χ4n) is 3.82. The molecule has 2 saturated heterocycles. The number of hydrogen-bond acceptors (Lipinski definition) is 5. The van der Waals surface area contributed by atoms with Crippen LogP contribution in [0, 0.1) is 5.92 Å². The lowest BCUT2D eigenvalue weighted by Crippen LogP contribution is -2.46. The average Bonchev–Trinajstić information content (AvgIpc) is 3.49. The molecule has 0 radical (unpaired) electrons. The minimum atomic E-state index is -0.896. The number of anilines is 2. The van der Waals surface area contributed by atoms with Crippen molar-refractivity contribution in [2.75, 3.05) is 43.1 Å². The van der Waals surface area contributed by atoms with Crippen LogP contribution >= 0.6 is 11.6 Å². The maximum atomic E-state index is 12.7. The topological polar surface area (TPSA) is 91.0 Å². The maximum absolute atomic E-state index is 12.7. The molecule has 1 atom stereocenters. The van der Waals surface area contributed by atoms with Crippen LogP contribution in [0.25, 0.3) is 0 Å². The van der Waals surface area contributed by atoms with Crippen molar-refractivity contribution in [1.29, 1.82) is 0 Å². The van der Waals surface area contributed by atoms with Crippen molar-refractivity contribution >= 4 is 40.8 Å². The third-order valence-electron chi connectivity index (χ3n) is 5.58. The second-order valence-corrected chi connectivity index (χ2v) is 8.04. The van der Waals surface area contributed by atoms with Crippen molar-refractivity contribution in [3.8, 4) is 0 Å². The van der Waals surface area contributed by atoms with Crippen molar-refractivity contribution in [3.63, 3.8) is 0 Å². The average molecular weight is 407 g/mol. The number of benzene rings is 1. The zero-order valence-electron chi connectivity index (χ0n) is 15.7. The molecule has 9 heteroatoms. The summed E-state index contributed by atoms with van der Waals surface area (Å²) in [6.07, 6.45) is 1.82. The van der Waals surface area contributed by atoms with Crippen molar-refractivity contribution < 1.29 is 19.1 Å². The van der Waals surface area contributed by atoms with Crippen LogP contribution in [0.3, 0.4) is 0 Å². The predicted molar refractivity (Wildman–Crippen MR) is 104 cm³/mol. The molecule has 1 saturated carbocycles. The van der Waals surface area contributed by atoms with Gasteiger partial charge in [0.2, 0.25) is 5.91 Å². The Balaban J connectivity index is 1.47. The standard InChI is InChI=1S/C19H23ClN4O4/c1-19(12-2-3-12)17(26)24(18(27)22-19)11-16(25)21-14-10-13(20)4-5-15(14)23-6-8-28-9-7-23/h4-5,10,12H,2-3,6-9,11H2,1H3,(H,21,25)(H,22,27). The van der Waals surface area contributed by atoms with Crippen LogP contribution in [0.4, 0.5) is 16.2 Å². The van der Waals surface area contributed by atoms with Gasteiger partial charge in [-0.25, -0.2) is 4.79 Å². The number of nitrogens with one attached hydrogen (secondary N) is 2. The maximum Gasteiger partial charge on any atom is 0.325 e. The number of carbonyl (C=O) groups excluding carboxylic acids is 3. The van der Waals surface area contributed by atoms with Gasteiger partial charge in [-0.15, -0.1) is 0 Å². The third kappa shape index (κ3) is 3.54. The Labute approximate surface area is 168 Å². The number of rotatable bonds is 5. The highest BCUT2D eigenvalue weighted by Crippen LogP contribution is 2.42. The number of imide groups is 1. The van der Waals surface area contributed by atoms with Gasteiger partial charge in [-0.1, -0.05) is 11.6 Å². The number of urea groups is 1. The summed E-state index contributed by atoms with van der Waals surface area (Å²) in [5.41, 5.74) is 0.490. The van der Waals surface area contributed by atoms with Gasteiger partial charge in [0, 0.05) is 18.1 Å². The Kier molecular flexibility index (Phi) is 4.93. The number of nitrogens with zero attached hydrogens (tertiary/aromatic N) is 2. The molecule has 0 bridgehead atoms. The Hall–Kier alpha value is -2.32. The summed E-state index contributed by atoms with van der Waals surface area (Å²) >= 11 is 6.11. The zero-order chi connectivity index (χ0) is 19.9. The highest BCUT2D eigenvalue weighted by Gasteiger charge is 2.56. The molecule has 1 aromatic rings. The minimum Gasteiger partial charge on any atom is -0.378 e. The van der Waals surface area contributed by atoms with Gasteiger partial charge in [-0.05, 0) is 43.9 Å². The number of halogens is 1. The van der Waals surface area contributed by atoms with Gasteiger partial charge in [0.1, 0.15) is 12.1 Å². The molecule has 4 rings (SSSR count). The van der Waals surface area contributed by atoms with Crippen molar-refractivity contribution in [2.45, 2.75) is 25.3 Å². The molecular formula is C19H23ClN4O4. The summed E-state index contributed by atoms with van der Waals surface area (Å²) in [5.74, 6) is -0.632. The first-order valence-electron chi connectivity index (χ1n) is 9.44. The molecule has 2 N–H and O–H groups in total. The lowest BCUT2D eigenvalue weighted by atomic mass is 9.96. The van der Waals surface area contributed by atoms with Crippen LogP contribution in [0.15, 0.2) is 18.2 Å². The predicted octanol–water partition coefficient (Wildman–Crippen LogP) is 1.84. The van der Waals surface area contributed by atoms with Gasteiger partial charge in [-0.2, -0.15) is 0 Å². The van der Waals surface area contributed by atoms with Crippen molar-refractivity contribution in [2.24, 2.45) is 5.92 Å². The monoisotopic (exact) mass is 406 g/mol. The van der Waals surface area contributed by atoms with E-state index in [1.807, 2.05) is 6.07 Å². The molecule has 28 heavy (non-hydrogen) atoms. The summed E-state index contributed by atoms with van der Waals surface area (Å²) in [5, 5.41) is 6.05. The van der Waals surface area contributed by atoms with E-state index in [1.165, 1.54) is 0 Å². The van der Waals surface area contributed by atoms with E-state index in [0.717, 1.165) is 23.4 Å². The highest BCUT2D eigenvalue weighted by molar-refractivity contribution is 6.31. The highest BCUT2D eigenvalue weighted by atomic mass is 35.5. The molecule has 3 aliphatic rings. The van der Waals surface area contributed by atoms with Gasteiger partial charge in [0.05, 0.1) is 24.6 Å². The first-order chi connectivity index (χ1) is 13.4. The van der Waals surface area contributed by atoms with E-state index >= 15 is 0 Å². The second kappa shape index (κ2) is 7.25. The summed E-state index contributed by atoms with van der Waals surface area (Å²) in [4.78, 5) is 40.7. The first kappa shape index (κ1) is 19.0. The van der Waals surface area contributed by atoms with E-state index in [2.05, 4.69) is 15.5 Å². The summed E-state index contributed by atoms with van der Waals surface area (Å²) in [7, 11) is 0. The molecule has 2 heterocycles. The molecule has 8 nitrogen and oxygen atoms in total. The number of hydrogen-bond donors (Lipinski definition) is 2. The van der Waals surface area contributed by atoms with Gasteiger partial charge in [-0.3, -0.25) is 14.5 Å². The van der Waals surface area contributed by atoms with E-state index in [4.69, 9.17) is 16.3 Å². The lowest BCUT2D eigenvalue weighted by molar-refractivity contribution is -0.134. The third-order valence-corrected chi connectivity index (χ3v) is 5.82. The first-order valence-corrected chi connectivity index (χ1v) is 9.82. The quantitative estimate of drug-likeness (QED) is 0.728. The van der Waals surface area contributed by atoms with Crippen molar-refractivity contribution in [1.82, 2.24) is 10.2 Å². The van der Waals surface area contributed by atoms with Crippen molar-refractivity contribution in [3.05, 3.63) is 23.2 Å². The van der Waals surface area contributed by atoms with Crippen LogP contribution in [0.5, 0.6) is 0 Å². The lowest BCUT2D eigenvalue weighted by Gasteiger charge is -2.30. The smallest absolute Gasteiger partial charge is 0.325 e. The summed E-state index contributed by atoms with van der Waals surface area (Å²) in [6.45, 7) is 4.03. The summed E-state index contributed by atoms with van der Waals surface area (Å²) < 4.78 is 5.38. The van der Waals surface area contributed by atoms with Crippen LogP contribution in [0.2, 0.25) is 5.02 Å². The van der Waals surface area contributed by atoms with Crippen LogP contribution < -0.4 is 15.5 Å². The fraction of sp³-hybridized carbons (Fsp3) is 0.526. The molecule has 1 aliphatic carbocycles. The second-order valence-electron chi connectivity index (χ2n) is 7.61. The molecular weight excluding hydrogens is 384 g/mol. The molecule has 150 valence electrons. The molecule has 1 aromatic carbocycles. The molecule has 0 aromatic heterocycles. The summed E-state index contributed by atoms with van der Waals surface area (Å²) in [6, 6.07) is 4.76. The van der Waals surface area contributed by atoms with Gasteiger partial charge < -0.3 is 20.3 Å². The van der Waals surface area contributed by atoms with E-state index in [-0.39, 0.29) is 18.4 Å². The minimum absolute atomic E-state index is 0.151. The Morgan fingerprint density at radius 1 is 1.32 bits per heavy atom.